The Balaban J connectivity index is 1.21. The van der Waals surface area contributed by atoms with Gasteiger partial charge in [-0.25, -0.2) is 9.37 Å². The molecule has 2 N–H and O–H groups in total. The lowest BCUT2D eigenvalue weighted by Gasteiger charge is -2.40. The number of fused-ring (bicyclic) bond motifs is 7. The Labute approximate surface area is 255 Å². The number of nitrogens with one attached hydrogen (secondary N) is 1. The molecule has 228 valence electrons. The number of rotatable bonds is 5. The molecule has 44 heavy (non-hydrogen) atoms. The lowest BCUT2D eigenvalue weighted by molar-refractivity contribution is 0.107. The first-order chi connectivity index (χ1) is 21.5. The van der Waals surface area contributed by atoms with E-state index >= 15 is 0 Å². The molecule has 0 spiro atoms. The van der Waals surface area contributed by atoms with Gasteiger partial charge in [-0.15, -0.1) is 0 Å². The average molecular weight is 597 g/mol. The number of benzene rings is 2. The van der Waals surface area contributed by atoms with Gasteiger partial charge in [-0.1, -0.05) is 25.1 Å². The van der Waals surface area contributed by atoms with Crippen LogP contribution in [0.4, 0.5) is 10.2 Å². The van der Waals surface area contributed by atoms with Crippen molar-refractivity contribution in [3.8, 4) is 28.9 Å². The molecule has 4 saturated heterocycles. The number of aryl methyl sites for hydroxylation is 1. The molecule has 0 unspecified atom stereocenters. The number of phenolic OH excluding ortho intramolecular Hbond substituents is 1. The molecular weight excluding hydrogens is 559 g/mol. The third kappa shape index (κ3) is 4.06. The van der Waals surface area contributed by atoms with Crippen LogP contribution >= 0.6 is 0 Å². The number of halogens is 1. The summed E-state index contributed by atoms with van der Waals surface area (Å²) in [4.78, 5) is 19.7. The molecule has 7 heterocycles. The number of nitrogens with zero attached hydrogens (tertiary/aromatic N) is 5. The van der Waals surface area contributed by atoms with Gasteiger partial charge in [0, 0.05) is 37.2 Å². The summed E-state index contributed by atoms with van der Waals surface area (Å²) in [7, 11) is 0. The van der Waals surface area contributed by atoms with Gasteiger partial charge in [-0.3, -0.25) is 4.90 Å². The topological polar surface area (TPSA) is 95.9 Å². The van der Waals surface area contributed by atoms with Crippen molar-refractivity contribution in [3.05, 3.63) is 42.0 Å². The predicted molar refractivity (Wildman–Crippen MR) is 166 cm³/mol. The van der Waals surface area contributed by atoms with Crippen molar-refractivity contribution in [2.75, 3.05) is 37.7 Å². The molecule has 10 heteroatoms. The molecule has 9 rings (SSSR count). The van der Waals surface area contributed by atoms with Crippen LogP contribution < -0.4 is 19.7 Å². The minimum Gasteiger partial charge on any atom is -0.508 e. The van der Waals surface area contributed by atoms with Crippen molar-refractivity contribution in [3.63, 3.8) is 0 Å². The number of aromatic hydroxyl groups is 1. The van der Waals surface area contributed by atoms with Gasteiger partial charge in [0.15, 0.2) is 0 Å². The van der Waals surface area contributed by atoms with E-state index < -0.39 is 6.17 Å². The Hall–Kier alpha value is -3.76. The minimum absolute atomic E-state index is 0.108. The van der Waals surface area contributed by atoms with Gasteiger partial charge >= 0.3 is 6.01 Å². The average Bonchev–Trinajstić information content (AvgIpc) is 3.66. The molecule has 5 aliphatic heterocycles. The van der Waals surface area contributed by atoms with Crippen LogP contribution in [-0.4, -0.2) is 87.6 Å². The fourth-order valence-corrected chi connectivity index (χ4v) is 8.73. The second-order valence-corrected chi connectivity index (χ2v) is 13.3. The molecule has 0 amide bonds. The van der Waals surface area contributed by atoms with Gasteiger partial charge in [0.05, 0.1) is 22.8 Å². The highest BCUT2D eigenvalue weighted by Gasteiger charge is 2.50. The largest absolute Gasteiger partial charge is 0.508 e. The van der Waals surface area contributed by atoms with Gasteiger partial charge in [0.1, 0.15) is 36.3 Å². The van der Waals surface area contributed by atoms with Crippen molar-refractivity contribution in [1.82, 2.24) is 25.2 Å². The van der Waals surface area contributed by atoms with Crippen LogP contribution in [0.3, 0.4) is 0 Å². The third-order valence-electron chi connectivity index (χ3n) is 10.8. The summed E-state index contributed by atoms with van der Waals surface area (Å²) in [6.45, 7) is 5.21. The molecule has 2 bridgehead atoms. The number of hydrogen-bond donors (Lipinski definition) is 2. The molecule has 0 radical (unpaired) electrons. The first kappa shape index (κ1) is 26.6. The Kier molecular flexibility index (Phi) is 5.97. The smallest absolute Gasteiger partial charge is 0.319 e. The van der Waals surface area contributed by atoms with Crippen molar-refractivity contribution >= 4 is 27.5 Å². The molecule has 5 atom stereocenters. The number of aromatic nitrogens is 3. The predicted octanol–water partition coefficient (Wildman–Crippen LogP) is 4.77. The van der Waals surface area contributed by atoms with E-state index in [0.717, 1.165) is 72.7 Å². The van der Waals surface area contributed by atoms with Crippen molar-refractivity contribution in [2.45, 2.75) is 75.3 Å². The molecule has 2 aromatic heterocycles. The van der Waals surface area contributed by atoms with Crippen molar-refractivity contribution in [1.29, 1.82) is 0 Å². The van der Waals surface area contributed by atoms with Crippen LogP contribution in [0, 0.1) is 0 Å². The number of pyridine rings is 1. The number of ether oxygens (including phenoxy) is 2. The second kappa shape index (κ2) is 9.87. The highest BCUT2D eigenvalue weighted by atomic mass is 19.1. The van der Waals surface area contributed by atoms with E-state index in [1.165, 1.54) is 5.56 Å². The highest BCUT2D eigenvalue weighted by molar-refractivity contribution is 6.02. The Morgan fingerprint density at radius 3 is 2.98 bits per heavy atom. The van der Waals surface area contributed by atoms with E-state index in [1.54, 1.807) is 12.1 Å². The molecular formula is C34H37FN6O3. The second-order valence-electron chi connectivity index (χ2n) is 13.3. The molecule has 0 aliphatic carbocycles. The summed E-state index contributed by atoms with van der Waals surface area (Å²) in [5.41, 5.74) is 3.10. The normalized spacial score (nSPS) is 29.1. The fraction of sp³-hybridized carbons (Fsp3) is 0.500. The lowest BCUT2D eigenvalue weighted by Crippen LogP contribution is -2.60. The number of piperazine rings is 1. The SMILES string of the molecule is CCc1cccc2cc(O)cc(-c3cc4nc(OC[C@@]56CCCN5C[C@@H](F)C6)nc5c4c(n3)OC[C@H]3[C@H]4CC[C@@H](CN53)N4)c12. The molecule has 2 aromatic carbocycles. The van der Waals surface area contributed by atoms with Crippen LogP contribution in [0.5, 0.6) is 17.6 Å². The molecule has 4 aromatic rings. The number of phenols is 1. The Bertz CT molecular complexity index is 1800. The molecule has 4 fully saturated rings. The molecule has 5 aliphatic rings. The van der Waals surface area contributed by atoms with Crippen LogP contribution in [-0.2, 0) is 6.42 Å². The maximum Gasteiger partial charge on any atom is 0.319 e. The standard InChI is InChI=1S/C34H37FN6O3/c1-2-19-5-3-6-20-11-23(42)12-24(29(19)20)26-13-27-30-31(41-16-22-7-8-25(36-22)28(41)17-43-32(30)37-26)39-33(38-27)44-18-34-9-4-10-40(34)15-21(35)14-34/h3,5-6,11-13,21-22,25,28,36,42H,2,4,7-10,14-18H2,1H3/t21-,22-,25+,28-,34-/m0/s1. The summed E-state index contributed by atoms with van der Waals surface area (Å²) in [5, 5.41) is 17.3. The summed E-state index contributed by atoms with van der Waals surface area (Å²) in [5.74, 6) is 1.49. The highest BCUT2D eigenvalue weighted by Crippen LogP contribution is 2.44. The molecule has 9 nitrogen and oxygen atoms in total. The van der Waals surface area contributed by atoms with Crippen LogP contribution in [0.15, 0.2) is 36.4 Å². The first-order valence-corrected chi connectivity index (χ1v) is 16.1. The van der Waals surface area contributed by atoms with Crippen LogP contribution in [0.25, 0.3) is 32.9 Å². The zero-order chi connectivity index (χ0) is 29.6. The first-order valence-electron chi connectivity index (χ1n) is 16.1. The zero-order valence-corrected chi connectivity index (χ0v) is 24.9. The van der Waals surface area contributed by atoms with E-state index in [0.29, 0.717) is 61.4 Å². The summed E-state index contributed by atoms with van der Waals surface area (Å²) in [6, 6.07) is 12.9. The number of alkyl halides is 1. The monoisotopic (exact) mass is 596 g/mol. The lowest BCUT2D eigenvalue weighted by atomic mass is 9.95. The van der Waals surface area contributed by atoms with Gasteiger partial charge in [0.2, 0.25) is 5.88 Å². The third-order valence-corrected chi connectivity index (χ3v) is 10.8. The quantitative estimate of drug-likeness (QED) is 0.338. The number of hydrogen-bond acceptors (Lipinski definition) is 9. The van der Waals surface area contributed by atoms with E-state index in [1.807, 2.05) is 18.2 Å². The van der Waals surface area contributed by atoms with Crippen LogP contribution in [0.2, 0.25) is 0 Å². The fourth-order valence-electron chi connectivity index (χ4n) is 8.73. The summed E-state index contributed by atoms with van der Waals surface area (Å²) in [6.07, 6.45) is 4.73. The van der Waals surface area contributed by atoms with E-state index in [4.69, 9.17) is 24.4 Å². The maximum absolute atomic E-state index is 14.5. The summed E-state index contributed by atoms with van der Waals surface area (Å²) >= 11 is 0. The van der Waals surface area contributed by atoms with Crippen molar-refractivity contribution < 1.29 is 19.0 Å². The molecule has 0 saturated carbocycles. The van der Waals surface area contributed by atoms with E-state index in [2.05, 4.69) is 28.1 Å². The minimum atomic E-state index is -0.823. The number of anilines is 1. The van der Waals surface area contributed by atoms with Crippen LogP contribution in [0.1, 0.15) is 44.6 Å². The Morgan fingerprint density at radius 2 is 2.07 bits per heavy atom. The Morgan fingerprint density at radius 1 is 1.14 bits per heavy atom. The van der Waals surface area contributed by atoms with Gasteiger partial charge in [-0.2, -0.15) is 9.97 Å². The summed E-state index contributed by atoms with van der Waals surface area (Å²) < 4.78 is 27.5. The van der Waals surface area contributed by atoms with Crippen molar-refractivity contribution in [2.24, 2.45) is 0 Å². The van der Waals surface area contributed by atoms with E-state index in [-0.39, 0.29) is 17.3 Å². The van der Waals surface area contributed by atoms with Gasteiger partial charge in [0.25, 0.3) is 0 Å². The zero-order valence-electron chi connectivity index (χ0n) is 24.9. The van der Waals surface area contributed by atoms with Gasteiger partial charge < -0.3 is 24.8 Å². The maximum atomic E-state index is 14.5. The van der Waals surface area contributed by atoms with E-state index in [9.17, 15) is 9.50 Å². The van der Waals surface area contributed by atoms with Gasteiger partial charge in [-0.05, 0) is 73.2 Å².